The van der Waals surface area contributed by atoms with Crippen molar-refractivity contribution < 1.29 is 4.92 Å². The SMILES string of the molecule is CN1c2ccccc2C=C([N+](=O)[O-])C1c1ccccc1. The van der Waals surface area contributed by atoms with Crippen LogP contribution in [0.25, 0.3) is 6.08 Å². The summed E-state index contributed by atoms with van der Waals surface area (Å²) < 4.78 is 0. The summed E-state index contributed by atoms with van der Waals surface area (Å²) in [5.74, 6) is 0. The molecule has 4 heteroatoms. The molecule has 0 N–H and O–H groups in total. The van der Waals surface area contributed by atoms with E-state index in [0.29, 0.717) is 0 Å². The Balaban J connectivity index is 2.17. The van der Waals surface area contributed by atoms with Crippen molar-refractivity contribution in [1.29, 1.82) is 0 Å². The fourth-order valence-electron chi connectivity index (χ4n) is 2.69. The number of nitrogens with zero attached hydrogens (tertiary/aromatic N) is 2. The second kappa shape index (κ2) is 4.81. The lowest BCUT2D eigenvalue weighted by molar-refractivity contribution is -0.428. The lowest BCUT2D eigenvalue weighted by atomic mass is 9.95. The highest BCUT2D eigenvalue weighted by atomic mass is 16.6. The summed E-state index contributed by atoms with van der Waals surface area (Å²) in [6, 6.07) is 16.9. The monoisotopic (exact) mass is 266 g/mol. The summed E-state index contributed by atoms with van der Waals surface area (Å²) in [4.78, 5) is 13.1. The maximum Gasteiger partial charge on any atom is 0.273 e. The third-order valence-corrected chi connectivity index (χ3v) is 3.61. The molecule has 2 aromatic rings. The van der Waals surface area contributed by atoms with E-state index in [-0.39, 0.29) is 16.7 Å². The Bertz CT molecular complexity index is 680. The molecule has 0 saturated carbocycles. The molecule has 0 bridgehead atoms. The van der Waals surface area contributed by atoms with Gasteiger partial charge in [0.25, 0.3) is 5.70 Å². The van der Waals surface area contributed by atoms with Crippen LogP contribution in [0.3, 0.4) is 0 Å². The summed E-state index contributed by atoms with van der Waals surface area (Å²) in [7, 11) is 1.90. The lowest BCUT2D eigenvalue weighted by Gasteiger charge is -2.32. The normalized spacial score (nSPS) is 17.4. The molecule has 0 aromatic heterocycles. The lowest BCUT2D eigenvalue weighted by Crippen LogP contribution is -2.31. The van der Waals surface area contributed by atoms with Crippen LogP contribution in [-0.2, 0) is 0 Å². The predicted molar refractivity (Wildman–Crippen MR) is 79.0 cm³/mol. The summed E-state index contributed by atoms with van der Waals surface area (Å²) in [5.41, 5.74) is 3.02. The van der Waals surface area contributed by atoms with Gasteiger partial charge in [-0.05, 0) is 11.6 Å². The van der Waals surface area contributed by atoms with Crippen LogP contribution in [-0.4, -0.2) is 12.0 Å². The Morgan fingerprint density at radius 2 is 1.70 bits per heavy atom. The molecule has 0 radical (unpaired) electrons. The molecule has 0 amide bonds. The molecule has 1 unspecified atom stereocenters. The molecule has 1 aliphatic rings. The number of rotatable bonds is 2. The van der Waals surface area contributed by atoms with Crippen molar-refractivity contribution in [1.82, 2.24) is 0 Å². The molecular weight excluding hydrogens is 252 g/mol. The third kappa shape index (κ3) is 1.95. The highest BCUT2D eigenvalue weighted by Crippen LogP contribution is 2.39. The zero-order chi connectivity index (χ0) is 14.1. The van der Waals surface area contributed by atoms with Gasteiger partial charge in [-0.15, -0.1) is 0 Å². The van der Waals surface area contributed by atoms with E-state index < -0.39 is 0 Å². The van der Waals surface area contributed by atoms with Gasteiger partial charge in [-0.1, -0.05) is 48.5 Å². The highest BCUT2D eigenvalue weighted by molar-refractivity contribution is 5.73. The van der Waals surface area contributed by atoms with Crippen LogP contribution in [0.1, 0.15) is 17.2 Å². The first-order chi connectivity index (χ1) is 9.68. The van der Waals surface area contributed by atoms with E-state index in [1.807, 2.05) is 66.5 Å². The van der Waals surface area contributed by atoms with Gasteiger partial charge in [0.15, 0.2) is 0 Å². The number of likely N-dealkylation sites (N-methyl/N-ethyl adjacent to an activating group) is 1. The summed E-state index contributed by atoms with van der Waals surface area (Å²) in [6.45, 7) is 0. The molecule has 3 rings (SSSR count). The molecule has 4 nitrogen and oxygen atoms in total. The number of benzene rings is 2. The standard InChI is InChI=1S/C16H14N2O2/c1-17-14-10-6-5-9-13(14)11-15(18(19)20)16(17)12-7-3-2-4-8-12/h2-11,16H,1H3. The van der Waals surface area contributed by atoms with Crippen LogP contribution in [0, 0.1) is 10.1 Å². The number of hydrogen-bond donors (Lipinski definition) is 0. The maximum absolute atomic E-state index is 11.4. The topological polar surface area (TPSA) is 46.4 Å². The largest absolute Gasteiger partial charge is 0.357 e. The van der Waals surface area contributed by atoms with Crippen LogP contribution >= 0.6 is 0 Å². The Kier molecular flexibility index (Phi) is 2.99. The van der Waals surface area contributed by atoms with E-state index in [1.165, 1.54) is 0 Å². The van der Waals surface area contributed by atoms with Crippen LogP contribution in [0.5, 0.6) is 0 Å². The molecule has 0 spiro atoms. The second-order valence-corrected chi connectivity index (χ2v) is 4.81. The smallest absolute Gasteiger partial charge is 0.273 e. The van der Waals surface area contributed by atoms with E-state index in [1.54, 1.807) is 6.08 Å². The van der Waals surface area contributed by atoms with Crippen molar-refractivity contribution in [2.45, 2.75) is 6.04 Å². The molecule has 1 heterocycles. The van der Waals surface area contributed by atoms with Gasteiger partial charge in [0.05, 0.1) is 4.92 Å². The molecular formula is C16H14N2O2. The average Bonchev–Trinajstić information content (AvgIpc) is 2.48. The van der Waals surface area contributed by atoms with Gasteiger partial charge in [-0.2, -0.15) is 0 Å². The number of fused-ring (bicyclic) bond motifs is 1. The molecule has 100 valence electrons. The van der Waals surface area contributed by atoms with Gasteiger partial charge in [0.2, 0.25) is 0 Å². The maximum atomic E-state index is 11.4. The molecule has 2 aromatic carbocycles. The number of nitro groups is 1. The van der Waals surface area contributed by atoms with E-state index in [2.05, 4.69) is 0 Å². The Hall–Kier alpha value is -2.62. The fraction of sp³-hybridized carbons (Fsp3) is 0.125. The van der Waals surface area contributed by atoms with Crippen molar-refractivity contribution in [2.24, 2.45) is 0 Å². The summed E-state index contributed by atoms with van der Waals surface area (Å²) in [6.07, 6.45) is 1.67. The third-order valence-electron chi connectivity index (χ3n) is 3.61. The molecule has 1 aliphatic heterocycles. The first-order valence-electron chi connectivity index (χ1n) is 6.41. The fourth-order valence-corrected chi connectivity index (χ4v) is 2.69. The molecule has 0 aliphatic carbocycles. The number of anilines is 1. The minimum atomic E-state index is -0.360. The quantitative estimate of drug-likeness (QED) is 0.617. The van der Waals surface area contributed by atoms with E-state index in [9.17, 15) is 10.1 Å². The Morgan fingerprint density at radius 3 is 2.40 bits per heavy atom. The molecule has 1 atom stereocenters. The number of para-hydroxylation sites is 1. The number of hydrogen-bond acceptors (Lipinski definition) is 3. The minimum absolute atomic E-state index is 0.206. The van der Waals surface area contributed by atoms with Crippen LogP contribution in [0.4, 0.5) is 5.69 Å². The first-order valence-corrected chi connectivity index (χ1v) is 6.41. The van der Waals surface area contributed by atoms with Crippen molar-refractivity contribution in [3.05, 3.63) is 81.5 Å². The van der Waals surface area contributed by atoms with E-state index in [4.69, 9.17) is 0 Å². The predicted octanol–water partition coefficient (Wildman–Crippen LogP) is 3.50. The Labute approximate surface area is 117 Å². The summed E-state index contributed by atoms with van der Waals surface area (Å²) >= 11 is 0. The van der Waals surface area contributed by atoms with E-state index in [0.717, 1.165) is 16.8 Å². The van der Waals surface area contributed by atoms with Gasteiger partial charge in [-0.3, -0.25) is 10.1 Å². The second-order valence-electron chi connectivity index (χ2n) is 4.81. The van der Waals surface area contributed by atoms with E-state index >= 15 is 0 Å². The van der Waals surface area contributed by atoms with Gasteiger partial charge in [-0.25, -0.2) is 0 Å². The molecule has 0 saturated heterocycles. The van der Waals surface area contributed by atoms with Gasteiger partial charge >= 0.3 is 0 Å². The van der Waals surface area contributed by atoms with Gasteiger partial charge < -0.3 is 4.90 Å². The van der Waals surface area contributed by atoms with Crippen LogP contribution in [0.2, 0.25) is 0 Å². The zero-order valence-electron chi connectivity index (χ0n) is 11.1. The van der Waals surface area contributed by atoms with Crippen molar-refractivity contribution in [2.75, 3.05) is 11.9 Å². The molecule has 0 fully saturated rings. The van der Waals surface area contributed by atoms with Crippen molar-refractivity contribution in [3.63, 3.8) is 0 Å². The Morgan fingerprint density at radius 1 is 1.05 bits per heavy atom. The van der Waals surface area contributed by atoms with Gasteiger partial charge in [0.1, 0.15) is 6.04 Å². The minimum Gasteiger partial charge on any atom is -0.357 e. The summed E-state index contributed by atoms with van der Waals surface area (Å²) in [5, 5.41) is 11.4. The van der Waals surface area contributed by atoms with Gasteiger partial charge in [0, 0.05) is 24.4 Å². The van der Waals surface area contributed by atoms with Crippen LogP contribution < -0.4 is 4.90 Å². The average molecular weight is 266 g/mol. The van der Waals surface area contributed by atoms with Crippen LogP contribution in [0.15, 0.2) is 60.3 Å². The first kappa shape index (κ1) is 12.4. The van der Waals surface area contributed by atoms with Crippen molar-refractivity contribution >= 4 is 11.8 Å². The zero-order valence-corrected chi connectivity index (χ0v) is 11.1. The molecule has 20 heavy (non-hydrogen) atoms. The van der Waals surface area contributed by atoms with Crippen molar-refractivity contribution in [3.8, 4) is 0 Å². The highest BCUT2D eigenvalue weighted by Gasteiger charge is 2.34.